The predicted octanol–water partition coefficient (Wildman–Crippen LogP) is 3.78. The molecule has 0 radical (unpaired) electrons. The quantitative estimate of drug-likeness (QED) is 0.435. The lowest BCUT2D eigenvalue weighted by Gasteiger charge is -2.09. The first-order valence-corrected chi connectivity index (χ1v) is 7.73. The van der Waals surface area contributed by atoms with Gasteiger partial charge in [-0.3, -0.25) is 0 Å². The molecule has 0 aromatic rings. The van der Waals surface area contributed by atoms with E-state index < -0.39 is 8.07 Å². The Morgan fingerprint density at radius 2 is 1.45 bits per heavy atom. The van der Waals surface area contributed by atoms with Gasteiger partial charge in [-0.15, -0.1) is 0 Å². The van der Waals surface area contributed by atoms with E-state index in [-0.39, 0.29) is 0 Å². The van der Waals surface area contributed by atoms with Crippen molar-refractivity contribution in [3.63, 3.8) is 0 Å². The standard InChI is InChI=1S/C10H20Si/c1-9(2)7-10(3)8-11(4,5)6/h7-8H,1-6H3/b10-8+. The molecule has 0 N–H and O–H groups in total. The zero-order valence-corrected chi connectivity index (χ0v) is 9.65. The molecule has 64 valence electrons. The third kappa shape index (κ3) is 7.60. The van der Waals surface area contributed by atoms with Crippen LogP contribution in [0.4, 0.5) is 0 Å². The van der Waals surface area contributed by atoms with Gasteiger partial charge < -0.3 is 0 Å². The predicted molar refractivity (Wildman–Crippen MR) is 56.5 cm³/mol. The molecule has 0 heterocycles. The monoisotopic (exact) mass is 168 g/mol. The molecule has 0 unspecified atom stereocenters. The molecule has 0 bridgehead atoms. The normalized spacial score (nSPS) is 13.1. The summed E-state index contributed by atoms with van der Waals surface area (Å²) in [5, 5.41) is 0. The number of hydrogen-bond acceptors (Lipinski definition) is 0. The van der Waals surface area contributed by atoms with Gasteiger partial charge in [0, 0.05) is 0 Å². The molecule has 0 spiro atoms. The van der Waals surface area contributed by atoms with Crippen LogP contribution in [0.3, 0.4) is 0 Å². The molecule has 0 amide bonds. The van der Waals surface area contributed by atoms with Crippen LogP contribution in [-0.2, 0) is 0 Å². The first-order valence-electron chi connectivity index (χ1n) is 4.15. The van der Waals surface area contributed by atoms with Gasteiger partial charge in [0.15, 0.2) is 0 Å². The van der Waals surface area contributed by atoms with Gasteiger partial charge in [-0.05, 0) is 20.8 Å². The topological polar surface area (TPSA) is 0 Å². The average Bonchev–Trinajstić information content (AvgIpc) is 1.53. The SMILES string of the molecule is CC(C)=C/C(C)=C/[Si](C)(C)C. The van der Waals surface area contributed by atoms with Gasteiger partial charge in [0.1, 0.15) is 0 Å². The summed E-state index contributed by atoms with van der Waals surface area (Å²) in [4.78, 5) is 0. The molecule has 0 atom stereocenters. The minimum atomic E-state index is -0.994. The summed E-state index contributed by atoms with van der Waals surface area (Å²) in [6, 6.07) is 0. The second kappa shape index (κ2) is 3.91. The van der Waals surface area contributed by atoms with E-state index in [4.69, 9.17) is 0 Å². The second-order valence-electron chi connectivity index (χ2n) is 4.48. The van der Waals surface area contributed by atoms with Gasteiger partial charge in [-0.2, -0.15) is 0 Å². The van der Waals surface area contributed by atoms with E-state index in [1.165, 1.54) is 11.1 Å². The molecule has 0 aromatic heterocycles. The van der Waals surface area contributed by atoms with Crippen LogP contribution in [0.1, 0.15) is 20.8 Å². The highest BCUT2D eigenvalue weighted by atomic mass is 28.3. The summed E-state index contributed by atoms with van der Waals surface area (Å²) < 4.78 is 0. The van der Waals surface area contributed by atoms with Crippen molar-refractivity contribution in [1.29, 1.82) is 0 Å². The molecule has 0 aliphatic carbocycles. The zero-order valence-electron chi connectivity index (χ0n) is 8.65. The third-order valence-corrected chi connectivity index (χ3v) is 2.50. The smallest absolute Gasteiger partial charge is 0.0690 e. The molecule has 11 heavy (non-hydrogen) atoms. The van der Waals surface area contributed by atoms with E-state index in [9.17, 15) is 0 Å². The molecule has 0 aliphatic rings. The molecule has 0 saturated heterocycles. The van der Waals surface area contributed by atoms with E-state index in [2.05, 4.69) is 52.2 Å². The Morgan fingerprint density at radius 1 is 1.00 bits per heavy atom. The van der Waals surface area contributed by atoms with Crippen molar-refractivity contribution in [3.8, 4) is 0 Å². The molecule has 0 saturated carbocycles. The van der Waals surface area contributed by atoms with E-state index >= 15 is 0 Å². The summed E-state index contributed by atoms with van der Waals surface area (Å²) in [6.07, 6.45) is 2.25. The summed E-state index contributed by atoms with van der Waals surface area (Å²) in [6.45, 7) is 13.5. The largest absolute Gasteiger partial charge is 0.0921 e. The van der Waals surface area contributed by atoms with Crippen molar-refractivity contribution in [2.24, 2.45) is 0 Å². The van der Waals surface area contributed by atoms with Gasteiger partial charge >= 0.3 is 0 Å². The second-order valence-corrected chi connectivity index (χ2v) is 9.50. The van der Waals surface area contributed by atoms with Crippen LogP contribution < -0.4 is 0 Å². The fourth-order valence-corrected chi connectivity index (χ4v) is 2.63. The maximum atomic E-state index is 2.43. The maximum absolute atomic E-state index is 2.43. The third-order valence-electron chi connectivity index (χ3n) is 1.18. The Bertz CT molecular complexity index is 176. The molecular weight excluding hydrogens is 148 g/mol. The van der Waals surface area contributed by atoms with Gasteiger partial charge in [0.25, 0.3) is 0 Å². The van der Waals surface area contributed by atoms with E-state index in [1.807, 2.05) is 0 Å². The lowest BCUT2D eigenvalue weighted by molar-refractivity contribution is 1.35. The van der Waals surface area contributed by atoms with Gasteiger partial charge in [0.2, 0.25) is 0 Å². The maximum Gasteiger partial charge on any atom is 0.0690 e. The first-order chi connectivity index (χ1) is 4.81. The van der Waals surface area contributed by atoms with Crippen molar-refractivity contribution in [2.75, 3.05) is 0 Å². The van der Waals surface area contributed by atoms with Crippen LogP contribution >= 0.6 is 0 Å². The van der Waals surface area contributed by atoms with Gasteiger partial charge in [-0.1, -0.05) is 42.6 Å². The fraction of sp³-hybridized carbons (Fsp3) is 0.600. The lowest BCUT2D eigenvalue weighted by Crippen LogP contribution is -2.16. The van der Waals surface area contributed by atoms with Crippen LogP contribution in [0.5, 0.6) is 0 Å². The summed E-state index contributed by atoms with van der Waals surface area (Å²) in [5.41, 5.74) is 5.24. The van der Waals surface area contributed by atoms with Crippen LogP contribution in [0, 0.1) is 0 Å². The molecule has 0 rings (SSSR count). The highest BCUT2D eigenvalue weighted by molar-refractivity contribution is 6.81. The van der Waals surface area contributed by atoms with Gasteiger partial charge in [0.05, 0.1) is 8.07 Å². The molecule has 0 nitrogen and oxygen atoms in total. The van der Waals surface area contributed by atoms with Crippen LogP contribution in [0.2, 0.25) is 19.6 Å². The van der Waals surface area contributed by atoms with E-state index in [0.717, 1.165) is 0 Å². The number of hydrogen-bond donors (Lipinski definition) is 0. The van der Waals surface area contributed by atoms with E-state index in [1.54, 1.807) is 0 Å². The molecule has 0 aromatic carbocycles. The Kier molecular flexibility index (Phi) is 3.80. The Balaban J connectivity index is 4.36. The van der Waals surface area contributed by atoms with Crippen molar-refractivity contribution in [2.45, 2.75) is 40.4 Å². The molecule has 0 fully saturated rings. The summed E-state index contributed by atoms with van der Waals surface area (Å²) in [7, 11) is -0.994. The minimum absolute atomic E-state index is 0.994. The average molecular weight is 168 g/mol. The molecular formula is C10H20Si. The Labute approximate surface area is 72.0 Å². The van der Waals surface area contributed by atoms with Crippen LogP contribution in [0.25, 0.3) is 0 Å². The molecule has 0 aliphatic heterocycles. The Morgan fingerprint density at radius 3 is 1.73 bits per heavy atom. The van der Waals surface area contributed by atoms with Crippen molar-refractivity contribution in [1.82, 2.24) is 0 Å². The highest BCUT2D eigenvalue weighted by Gasteiger charge is 2.07. The summed E-state index contributed by atoms with van der Waals surface area (Å²) in [5.74, 6) is 0. The first kappa shape index (κ1) is 10.7. The number of rotatable bonds is 2. The minimum Gasteiger partial charge on any atom is -0.0921 e. The van der Waals surface area contributed by atoms with Crippen molar-refractivity contribution in [3.05, 3.63) is 22.9 Å². The highest BCUT2D eigenvalue weighted by Crippen LogP contribution is 2.08. The Hall–Kier alpha value is -0.303. The fourth-order valence-electron chi connectivity index (χ4n) is 1.18. The van der Waals surface area contributed by atoms with Crippen LogP contribution in [-0.4, -0.2) is 8.07 Å². The lowest BCUT2D eigenvalue weighted by atomic mass is 10.2. The zero-order chi connectivity index (χ0) is 9.07. The van der Waals surface area contributed by atoms with Gasteiger partial charge in [-0.25, -0.2) is 0 Å². The van der Waals surface area contributed by atoms with Crippen LogP contribution in [0.15, 0.2) is 22.9 Å². The number of allylic oxidation sites excluding steroid dienone is 3. The van der Waals surface area contributed by atoms with Crippen molar-refractivity contribution < 1.29 is 0 Å². The summed E-state index contributed by atoms with van der Waals surface area (Å²) >= 11 is 0. The van der Waals surface area contributed by atoms with Crippen molar-refractivity contribution >= 4 is 8.07 Å². The van der Waals surface area contributed by atoms with E-state index in [0.29, 0.717) is 0 Å². The molecule has 1 heteroatoms.